The summed E-state index contributed by atoms with van der Waals surface area (Å²) in [6.45, 7) is -0.324. The lowest BCUT2D eigenvalue weighted by atomic mass is 10.0. The van der Waals surface area contributed by atoms with Crippen molar-refractivity contribution >= 4 is 29.2 Å². The standard InChI is InChI=1S/C19H18ClNO3/c20-16-6-1-2-7-17(16)21-18(22)12-24-19(23)11-13-8-9-14-4-3-5-15(14)10-13/h1-2,6-10H,3-5,11-12H2,(H,21,22). The van der Waals surface area contributed by atoms with Gasteiger partial charge in [0, 0.05) is 0 Å². The van der Waals surface area contributed by atoms with E-state index in [4.69, 9.17) is 16.3 Å². The van der Waals surface area contributed by atoms with Crippen LogP contribution in [0.25, 0.3) is 0 Å². The highest BCUT2D eigenvalue weighted by atomic mass is 35.5. The van der Waals surface area contributed by atoms with Gasteiger partial charge in [-0.1, -0.05) is 41.9 Å². The molecule has 1 aliphatic rings. The lowest BCUT2D eigenvalue weighted by molar-refractivity contribution is -0.146. The van der Waals surface area contributed by atoms with E-state index >= 15 is 0 Å². The first kappa shape index (κ1) is 16.5. The number of para-hydroxylation sites is 1. The second-order valence-corrected chi connectivity index (χ2v) is 6.23. The fourth-order valence-electron chi connectivity index (χ4n) is 2.85. The second kappa shape index (κ2) is 7.49. The minimum absolute atomic E-state index is 0.173. The fraction of sp³-hybridized carbons (Fsp3) is 0.263. The minimum Gasteiger partial charge on any atom is -0.455 e. The number of fused-ring (bicyclic) bond motifs is 1. The van der Waals surface area contributed by atoms with Crippen LogP contribution in [0.15, 0.2) is 42.5 Å². The molecule has 0 unspecified atom stereocenters. The molecule has 0 heterocycles. The molecule has 5 heteroatoms. The summed E-state index contributed by atoms with van der Waals surface area (Å²) in [6.07, 6.45) is 3.53. The van der Waals surface area contributed by atoms with E-state index in [0.29, 0.717) is 10.7 Å². The molecule has 1 aliphatic carbocycles. The number of hydrogen-bond donors (Lipinski definition) is 1. The Morgan fingerprint density at radius 1 is 1.08 bits per heavy atom. The van der Waals surface area contributed by atoms with Crippen LogP contribution in [0.3, 0.4) is 0 Å². The van der Waals surface area contributed by atoms with Crippen molar-refractivity contribution in [2.75, 3.05) is 11.9 Å². The van der Waals surface area contributed by atoms with Gasteiger partial charge in [-0.05, 0) is 48.1 Å². The van der Waals surface area contributed by atoms with Crippen LogP contribution in [0.4, 0.5) is 5.69 Å². The molecular weight excluding hydrogens is 326 g/mol. The predicted octanol–water partition coefficient (Wildman–Crippen LogP) is 3.55. The van der Waals surface area contributed by atoms with Crippen molar-refractivity contribution in [3.8, 4) is 0 Å². The topological polar surface area (TPSA) is 55.4 Å². The minimum atomic E-state index is -0.415. The lowest BCUT2D eigenvalue weighted by Gasteiger charge is -2.08. The van der Waals surface area contributed by atoms with Gasteiger partial charge < -0.3 is 10.1 Å². The molecule has 2 aromatic carbocycles. The third-order valence-electron chi connectivity index (χ3n) is 4.02. The van der Waals surface area contributed by atoms with Gasteiger partial charge in [0.25, 0.3) is 5.91 Å². The van der Waals surface area contributed by atoms with E-state index in [1.54, 1.807) is 24.3 Å². The van der Waals surface area contributed by atoms with Gasteiger partial charge in [-0.3, -0.25) is 9.59 Å². The third-order valence-corrected chi connectivity index (χ3v) is 4.35. The number of halogens is 1. The van der Waals surface area contributed by atoms with Crippen molar-refractivity contribution < 1.29 is 14.3 Å². The highest BCUT2D eigenvalue weighted by Crippen LogP contribution is 2.23. The molecule has 24 heavy (non-hydrogen) atoms. The number of carbonyl (C=O) groups excluding carboxylic acids is 2. The summed E-state index contributed by atoms with van der Waals surface area (Å²) in [5, 5.41) is 3.06. The Labute approximate surface area is 145 Å². The average molecular weight is 344 g/mol. The molecule has 124 valence electrons. The van der Waals surface area contributed by atoms with Gasteiger partial charge in [0.05, 0.1) is 17.1 Å². The van der Waals surface area contributed by atoms with Gasteiger partial charge in [0.2, 0.25) is 0 Å². The van der Waals surface area contributed by atoms with Gasteiger partial charge >= 0.3 is 5.97 Å². The van der Waals surface area contributed by atoms with Crippen LogP contribution in [-0.2, 0) is 33.6 Å². The number of nitrogens with one attached hydrogen (secondary N) is 1. The fourth-order valence-corrected chi connectivity index (χ4v) is 3.03. The van der Waals surface area contributed by atoms with E-state index in [2.05, 4.69) is 17.4 Å². The zero-order chi connectivity index (χ0) is 16.9. The zero-order valence-corrected chi connectivity index (χ0v) is 13.9. The summed E-state index contributed by atoms with van der Waals surface area (Å²) in [6, 6.07) is 13.0. The van der Waals surface area contributed by atoms with E-state index in [0.717, 1.165) is 18.4 Å². The molecule has 0 aliphatic heterocycles. The van der Waals surface area contributed by atoms with Crippen molar-refractivity contribution in [1.29, 1.82) is 0 Å². The summed E-state index contributed by atoms with van der Waals surface area (Å²) in [5.74, 6) is -0.826. The second-order valence-electron chi connectivity index (χ2n) is 5.82. The maximum absolute atomic E-state index is 11.9. The Bertz CT molecular complexity index is 773. The van der Waals surface area contributed by atoms with Crippen LogP contribution >= 0.6 is 11.6 Å². The predicted molar refractivity (Wildman–Crippen MR) is 93.2 cm³/mol. The molecular formula is C19H18ClNO3. The summed E-state index contributed by atoms with van der Waals surface area (Å²) in [4.78, 5) is 23.7. The van der Waals surface area contributed by atoms with Crippen LogP contribution in [0.1, 0.15) is 23.1 Å². The van der Waals surface area contributed by atoms with Gasteiger partial charge in [0.1, 0.15) is 0 Å². The van der Waals surface area contributed by atoms with Crippen LogP contribution in [-0.4, -0.2) is 18.5 Å². The van der Waals surface area contributed by atoms with Crippen LogP contribution in [0.2, 0.25) is 5.02 Å². The molecule has 0 fully saturated rings. The maximum Gasteiger partial charge on any atom is 0.310 e. The average Bonchev–Trinajstić information content (AvgIpc) is 3.03. The quantitative estimate of drug-likeness (QED) is 0.845. The third kappa shape index (κ3) is 4.15. The van der Waals surface area contributed by atoms with Crippen LogP contribution in [0, 0.1) is 0 Å². The first-order valence-electron chi connectivity index (χ1n) is 7.92. The van der Waals surface area contributed by atoms with Crippen molar-refractivity contribution in [1.82, 2.24) is 0 Å². The molecule has 0 bridgehead atoms. The van der Waals surface area contributed by atoms with Crippen LogP contribution < -0.4 is 5.32 Å². The van der Waals surface area contributed by atoms with Crippen LogP contribution in [0.5, 0.6) is 0 Å². The molecule has 4 nitrogen and oxygen atoms in total. The van der Waals surface area contributed by atoms with Crippen molar-refractivity contribution in [2.24, 2.45) is 0 Å². The molecule has 1 amide bonds. The SMILES string of the molecule is O=C(COC(=O)Cc1ccc2c(c1)CCC2)Nc1ccccc1Cl. The molecule has 0 spiro atoms. The molecule has 0 atom stereocenters. The smallest absolute Gasteiger partial charge is 0.310 e. The Morgan fingerprint density at radius 3 is 2.71 bits per heavy atom. The molecule has 1 N–H and O–H groups in total. The molecule has 3 rings (SSSR count). The number of esters is 1. The number of amides is 1. The normalized spacial score (nSPS) is 12.5. The van der Waals surface area contributed by atoms with Crippen molar-refractivity contribution in [3.05, 3.63) is 64.2 Å². The van der Waals surface area contributed by atoms with Gasteiger partial charge in [-0.2, -0.15) is 0 Å². The first-order chi connectivity index (χ1) is 11.6. The Kier molecular flexibility index (Phi) is 5.16. The number of carbonyl (C=O) groups is 2. The number of hydrogen-bond acceptors (Lipinski definition) is 3. The Morgan fingerprint density at radius 2 is 1.88 bits per heavy atom. The number of rotatable bonds is 5. The number of ether oxygens (including phenoxy) is 1. The van der Waals surface area contributed by atoms with E-state index in [1.165, 1.54) is 17.5 Å². The number of anilines is 1. The highest BCUT2D eigenvalue weighted by Gasteiger charge is 2.14. The number of benzene rings is 2. The Hall–Kier alpha value is -2.33. The molecule has 0 saturated carbocycles. The molecule has 2 aromatic rings. The van der Waals surface area contributed by atoms with Gasteiger partial charge in [0.15, 0.2) is 6.61 Å². The Balaban J connectivity index is 1.49. The van der Waals surface area contributed by atoms with Gasteiger partial charge in [-0.25, -0.2) is 0 Å². The maximum atomic E-state index is 11.9. The number of aryl methyl sites for hydroxylation is 2. The zero-order valence-electron chi connectivity index (χ0n) is 13.2. The molecule has 0 radical (unpaired) electrons. The first-order valence-corrected chi connectivity index (χ1v) is 8.30. The van der Waals surface area contributed by atoms with E-state index < -0.39 is 11.9 Å². The summed E-state index contributed by atoms with van der Waals surface area (Å²) >= 11 is 5.96. The van der Waals surface area contributed by atoms with Gasteiger partial charge in [-0.15, -0.1) is 0 Å². The van der Waals surface area contributed by atoms with Crippen molar-refractivity contribution in [2.45, 2.75) is 25.7 Å². The van der Waals surface area contributed by atoms with E-state index in [-0.39, 0.29) is 13.0 Å². The van der Waals surface area contributed by atoms with E-state index in [9.17, 15) is 9.59 Å². The molecule has 0 aromatic heterocycles. The van der Waals surface area contributed by atoms with Crippen molar-refractivity contribution in [3.63, 3.8) is 0 Å². The summed E-state index contributed by atoms with van der Waals surface area (Å²) in [5.41, 5.74) is 4.11. The largest absolute Gasteiger partial charge is 0.455 e. The highest BCUT2D eigenvalue weighted by molar-refractivity contribution is 6.33. The monoisotopic (exact) mass is 343 g/mol. The summed E-state index contributed by atoms with van der Waals surface area (Å²) in [7, 11) is 0. The molecule has 0 saturated heterocycles. The lowest BCUT2D eigenvalue weighted by Crippen LogP contribution is -2.21. The summed E-state index contributed by atoms with van der Waals surface area (Å²) < 4.78 is 5.05. The van der Waals surface area contributed by atoms with E-state index in [1.807, 2.05) is 6.07 Å².